The Hall–Kier alpha value is -2.04. The molecule has 20 heavy (non-hydrogen) atoms. The van der Waals surface area contributed by atoms with Crippen molar-refractivity contribution in [3.8, 4) is 0 Å². The fourth-order valence-corrected chi connectivity index (χ4v) is 1.94. The van der Waals surface area contributed by atoms with E-state index >= 15 is 0 Å². The highest BCUT2D eigenvalue weighted by Crippen LogP contribution is 2.06. The van der Waals surface area contributed by atoms with Crippen LogP contribution in [0.25, 0.3) is 0 Å². The maximum absolute atomic E-state index is 11.3. The Morgan fingerprint density at radius 3 is 2.70 bits per heavy atom. The maximum Gasteiger partial charge on any atom is 0.407 e. The van der Waals surface area contributed by atoms with Crippen LogP contribution in [-0.4, -0.2) is 31.3 Å². The van der Waals surface area contributed by atoms with Gasteiger partial charge in [-0.05, 0) is 31.2 Å². The summed E-state index contributed by atoms with van der Waals surface area (Å²) in [6.07, 6.45) is 3.41. The van der Waals surface area contributed by atoms with Gasteiger partial charge in [-0.25, -0.2) is 9.59 Å². The van der Waals surface area contributed by atoms with E-state index in [1.54, 1.807) is 0 Å². The van der Waals surface area contributed by atoms with E-state index in [9.17, 15) is 9.59 Å². The molecule has 0 radical (unpaired) electrons. The summed E-state index contributed by atoms with van der Waals surface area (Å²) in [6, 6.07) is 9.78. The number of esters is 1. The Morgan fingerprint density at radius 2 is 2.05 bits per heavy atom. The number of alkyl carbamates (subject to hydrolysis) is 1. The molecule has 1 saturated heterocycles. The quantitative estimate of drug-likeness (QED) is 0.612. The lowest BCUT2D eigenvalue weighted by Gasteiger charge is -2.24. The number of unbranched alkanes of at least 4 members (excludes halogenated alkanes) is 2. The van der Waals surface area contributed by atoms with E-state index in [1.807, 2.05) is 18.2 Å². The predicted molar refractivity (Wildman–Crippen MR) is 73.2 cm³/mol. The molecule has 1 amide bonds. The van der Waals surface area contributed by atoms with Gasteiger partial charge in [0.1, 0.15) is 6.61 Å². The second kappa shape index (κ2) is 7.53. The van der Waals surface area contributed by atoms with Crippen molar-refractivity contribution in [3.05, 3.63) is 35.9 Å². The second-order valence-electron chi connectivity index (χ2n) is 4.76. The summed E-state index contributed by atoms with van der Waals surface area (Å²) >= 11 is 0. The van der Waals surface area contributed by atoms with Gasteiger partial charge in [0.15, 0.2) is 6.04 Å². The molecule has 1 fully saturated rings. The molecule has 0 saturated carbocycles. The summed E-state index contributed by atoms with van der Waals surface area (Å²) in [7, 11) is 0. The van der Waals surface area contributed by atoms with Gasteiger partial charge in [-0.2, -0.15) is 0 Å². The number of ether oxygens (including phenoxy) is 2. The fraction of sp³-hybridized carbons (Fsp3) is 0.467. The molecule has 1 aromatic carbocycles. The van der Waals surface area contributed by atoms with E-state index in [1.165, 1.54) is 5.56 Å². The normalized spacial score (nSPS) is 17.0. The van der Waals surface area contributed by atoms with Crippen molar-refractivity contribution in [3.63, 3.8) is 0 Å². The van der Waals surface area contributed by atoms with Crippen molar-refractivity contribution in [1.29, 1.82) is 0 Å². The molecule has 1 aliphatic rings. The summed E-state index contributed by atoms with van der Waals surface area (Å²) in [6.45, 7) is 0.618. The van der Waals surface area contributed by atoms with Crippen molar-refractivity contribution in [2.24, 2.45) is 0 Å². The highest BCUT2D eigenvalue weighted by Gasteiger charge is 2.32. The van der Waals surface area contributed by atoms with E-state index < -0.39 is 18.1 Å². The molecule has 1 aliphatic heterocycles. The van der Waals surface area contributed by atoms with Gasteiger partial charge in [-0.3, -0.25) is 0 Å². The molecule has 0 aromatic heterocycles. The first-order valence-corrected chi connectivity index (χ1v) is 6.89. The monoisotopic (exact) mass is 277 g/mol. The molecule has 0 spiro atoms. The largest absolute Gasteiger partial charge is 0.461 e. The molecule has 1 N–H and O–H groups in total. The smallest absolute Gasteiger partial charge is 0.407 e. The molecular formula is C15H19NO4. The molecule has 1 atom stereocenters. The van der Waals surface area contributed by atoms with Crippen LogP contribution in [-0.2, 0) is 20.7 Å². The third kappa shape index (κ3) is 4.57. The van der Waals surface area contributed by atoms with E-state index in [4.69, 9.17) is 4.74 Å². The van der Waals surface area contributed by atoms with Crippen LogP contribution in [0.15, 0.2) is 30.3 Å². The van der Waals surface area contributed by atoms with Gasteiger partial charge in [0.25, 0.3) is 0 Å². The van der Waals surface area contributed by atoms with Crippen LogP contribution in [0, 0.1) is 0 Å². The average molecular weight is 277 g/mol. The molecule has 1 heterocycles. The minimum absolute atomic E-state index is 0.241. The number of carbonyl (C=O) groups excluding carboxylic acids is 2. The van der Waals surface area contributed by atoms with Gasteiger partial charge >= 0.3 is 12.1 Å². The van der Waals surface area contributed by atoms with Crippen LogP contribution in [0.2, 0.25) is 0 Å². The molecule has 2 rings (SSSR count). The number of cyclic esters (lactones) is 1. The summed E-state index contributed by atoms with van der Waals surface area (Å²) in [4.78, 5) is 22.1. The van der Waals surface area contributed by atoms with Crippen LogP contribution in [0.5, 0.6) is 0 Å². The molecule has 5 nitrogen and oxygen atoms in total. The second-order valence-corrected chi connectivity index (χ2v) is 4.76. The van der Waals surface area contributed by atoms with Crippen molar-refractivity contribution < 1.29 is 19.1 Å². The van der Waals surface area contributed by atoms with Gasteiger partial charge in [-0.15, -0.1) is 0 Å². The zero-order valence-electron chi connectivity index (χ0n) is 11.3. The minimum atomic E-state index is -0.547. The van der Waals surface area contributed by atoms with Crippen molar-refractivity contribution in [2.75, 3.05) is 13.2 Å². The molecule has 5 heteroatoms. The molecule has 1 aromatic rings. The summed E-state index contributed by atoms with van der Waals surface area (Å²) in [5.74, 6) is -0.398. The maximum atomic E-state index is 11.3. The van der Waals surface area contributed by atoms with Gasteiger partial charge in [0.05, 0.1) is 6.61 Å². The number of benzene rings is 1. The van der Waals surface area contributed by atoms with Gasteiger partial charge in [0.2, 0.25) is 0 Å². The number of carbonyl (C=O) groups is 2. The Morgan fingerprint density at radius 1 is 1.25 bits per heavy atom. The van der Waals surface area contributed by atoms with E-state index in [0.717, 1.165) is 25.7 Å². The van der Waals surface area contributed by atoms with Crippen molar-refractivity contribution in [1.82, 2.24) is 5.32 Å². The zero-order valence-corrected chi connectivity index (χ0v) is 11.3. The number of aryl methyl sites for hydroxylation is 1. The third-order valence-corrected chi connectivity index (χ3v) is 3.15. The fourth-order valence-electron chi connectivity index (χ4n) is 1.94. The predicted octanol–water partition coefficient (Wildman–Crippen LogP) is 2.05. The summed E-state index contributed by atoms with van der Waals surface area (Å²) in [5.41, 5.74) is 1.33. The highest BCUT2D eigenvalue weighted by molar-refractivity contribution is 5.85. The van der Waals surface area contributed by atoms with Crippen LogP contribution in [0.1, 0.15) is 24.8 Å². The summed E-state index contributed by atoms with van der Waals surface area (Å²) < 4.78 is 9.53. The lowest BCUT2D eigenvalue weighted by molar-refractivity contribution is -0.162. The Kier molecular flexibility index (Phi) is 5.41. The van der Waals surface area contributed by atoms with Gasteiger partial charge in [-0.1, -0.05) is 30.3 Å². The molecule has 0 bridgehead atoms. The Balaban J connectivity index is 1.47. The number of amides is 1. The number of nitrogens with one attached hydrogen (secondary N) is 1. The van der Waals surface area contributed by atoms with Gasteiger partial charge < -0.3 is 14.8 Å². The van der Waals surface area contributed by atoms with Crippen LogP contribution >= 0.6 is 0 Å². The Bertz CT molecular complexity index is 446. The first kappa shape index (κ1) is 14.4. The van der Waals surface area contributed by atoms with Crippen LogP contribution < -0.4 is 5.32 Å². The van der Waals surface area contributed by atoms with Crippen LogP contribution in [0.3, 0.4) is 0 Å². The molecule has 0 unspecified atom stereocenters. The highest BCUT2D eigenvalue weighted by atomic mass is 16.6. The van der Waals surface area contributed by atoms with E-state index in [-0.39, 0.29) is 6.61 Å². The molecule has 0 aliphatic carbocycles. The first-order valence-electron chi connectivity index (χ1n) is 6.89. The third-order valence-electron chi connectivity index (χ3n) is 3.15. The lowest BCUT2D eigenvalue weighted by Crippen LogP contribution is -2.53. The number of hydrogen-bond acceptors (Lipinski definition) is 4. The number of rotatable bonds is 7. The lowest BCUT2D eigenvalue weighted by atomic mass is 10.1. The topological polar surface area (TPSA) is 64.6 Å². The van der Waals surface area contributed by atoms with Crippen LogP contribution in [0.4, 0.5) is 4.79 Å². The van der Waals surface area contributed by atoms with E-state index in [0.29, 0.717) is 6.61 Å². The first-order chi connectivity index (χ1) is 9.75. The minimum Gasteiger partial charge on any atom is -0.461 e. The standard InChI is InChI=1S/C15H19NO4/c17-14-13(11-20-14)16-15(18)19-10-6-2-5-9-12-7-3-1-4-8-12/h1,3-4,7-8,13H,2,5-6,9-11H2,(H,16,18)/t13-/m0/s1. The van der Waals surface area contributed by atoms with Crippen molar-refractivity contribution in [2.45, 2.75) is 31.7 Å². The summed E-state index contributed by atoms with van der Waals surface area (Å²) in [5, 5.41) is 2.45. The number of hydrogen-bond donors (Lipinski definition) is 1. The molecule has 108 valence electrons. The van der Waals surface area contributed by atoms with Gasteiger partial charge in [0, 0.05) is 0 Å². The Labute approximate surface area is 118 Å². The van der Waals surface area contributed by atoms with Crippen molar-refractivity contribution >= 4 is 12.1 Å². The molecular weight excluding hydrogens is 258 g/mol. The zero-order chi connectivity index (χ0) is 14.2. The average Bonchev–Trinajstić information content (AvgIpc) is 2.48. The SMILES string of the molecule is O=C(N[C@H]1COC1=O)OCCCCCc1ccccc1. The van der Waals surface area contributed by atoms with E-state index in [2.05, 4.69) is 22.2 Å².